The molecule has 2 heterocycles. The third kappa shape index (κ3) is 7.45. The number of anilines is 4. The van der Waals surface area contributed by atoms with Crippen LogP contribution in [0, 0.1) is 0 Å². The first-order chi connectivity index (χ1) is 16.6. The maximum atomic E-state index is 12.9. The van der Waals surface area contributed by atoms with Crippen molar-refractivity contribution in [1.82, 2.24) is 10.2 Å². The standard InChI is InChI=1S/C22H30F3N5O4S2/c1-6-9-30-13(2)7-8-14-10-15(16(11-17(14)30)29-36(32,33)12-22(23,24)25)26-20-28-27-18(35-20)19(31)34-21(3,4)5/h10-11,13,29H,6-9,12H2,1-5H3,(H,26,28). The number of aryl methyl sites for hydroxylation is 1. The van der Waals surface area contributed by atoms with Crippen LogP contribution in [0.4, 0.5) is 35.4 Å². The summed E-state index contributed by atoms with van der Waals surface area (Å²) in [6.07, 6.45) is -2.48. The quantitative estimate of drug-likeness (QED) is 0.438. The Morgan fingerprint density at radius 2 is 1.92 bits per heavy atom. The second-order valence-corrected chi connectivity index (χ2v) is 12.3. The molecule has 0 saturated carbocycles. The Balaban J connectivity index is 1.99. The summed E-state index contributed by atoms with van der Waals surface area (Å²) in [5.41, 5.74) is 1.09. The van der Waals surface area contributed by atoms with E-state index in [1.807, 2.05) is 6.92 Å². The Kier molecular flexibility index (Phi) is 8.08. The number of aromatic nitrogens is 2. The molecule has 0 aliphatic carbocycles. The molecular weight excluding hydrogens is 519 g/mol. The number of ether oxygens (including phenoxy) is 1. The van der Waals surface area contributed by atoms with Crippen molar-refractivity contribution in [2.75, 3.05) is 27.2 Å². The number of nitrogens with zero attached hydrogens (tertiary/aromatic N) is 3. The molecule has 0 amide bonds. The van der Waals surface area contributed by atoms with Crippen LogP contribution >= 0.6 is 11.3 Å². The zero-order chi connectivity index (χ0) is 26.9. The average Bonchev–Trinajstić information content (AvgIpc) is 3.16. The number of hydrogen-bond acceptors (Lipinski definition) is 9. The van der Waals surface area contributed by atoms with Gasteiger partial charge in [-0.1, -0.05) is 18.3 Å². The number of hydrogen-bond donors (Lipinski definition) is 2. The number of fused-ring (bicyclic) bond motifs is 1. The van der Waals surface area contributed by atoms with E-state index in [-0.39, 0.29) is 27.6 Å². The minimum absolute atomic E-state index is 0.0208. The van der Waals surface area contributed by atoms with E-state index in [4.69, 9.17) is 4.74 Å². The van der Waals surface area contributed by atoms with Crippen LogP contribution in [0.15, 0.2) is 12.1 Å². The SMILES string of the molecule is CCCN1c2cc(NS(=O)(=O)CC(F)(F)F)c(Nc3nnc(C(=O)OC(C)(C)C)s3)cc2CCC1C. The summed E-state index contributed by atoms with van der Waals surface area (Å²) < 4.78 is 70.7. The highest BCUT2D eigenvalue weighted by atomic mass is 32.2. The van der Waals surface area contributed by atoms with Crippen LogP contribution in [0.3, 0.4) is 0 Å². The Morgan fingerprint density at radius 1 is 1.22 bits per heavy atom. The molecule has 0 fully saturated rings. The minimum atomic E-state index is -4.90. The molecule has 9 nitrogen and oxygen atoms in total. The first-order valence-electron chi connectivity index (χ1n) is 11.4. The van der Waals surface area contributed by atoms with Gasteiger partial charge in [-0.05, 0) is 64.7 Å². The lowest BCUT2D eigenvalue weighted by molar-refractivity contribution is -0.106. The Hall–Kier alpha value is -2.61. The molecule has 1 aliphatic rings. The number of sulfonamides is 1. The fourth-order valence-corrected chi connectivity index (χ4v) is 5.48. The van der Waals surface area contributed by atoms with Gasteiger partial charge in [0.2, 0.25) is 20.2 Å². The normalized spacial score (nSPS) is 16.4. The van der Waals surface area contributed by atoms with Gasteiger partial charge in [-0.25, -0.2) is 13.2 Å². The molecule has 0 radical (unpaired) electrons. The van der Waals surface area contributed by atoms with Crippen LogP contribution in [0.2, 0.25) is 0 Å². The third-order valence-electron chi connectivity index (χ3n) is 5.22. The molecule has 1 aliphatic heterocycles. The summed E-state index contributed by atoms with van der Waals surface area (Å²) in [5.74, 6) is -2.69. The van der Waals surface area contributed by atoms with Gasteiger partial charge in [-0.15, -0.1) is 10.2 Å². The number of rotatable bonds is 8. The number of halogens is 3. The monoisotopic (exact) mass is 549 g/mol. The highest BCUT2D eigenvalue weighted by Crippen LogP contribution is 2.39. The van der Waals surface area contributed by atoms with Gasteiger partial charge in [0.25, 0.3) is 0 Å². The summed E-state index contributed by atoms with van der Waals surface area (Å²) in [6, 6.07) is 3.44. The summed E-state index contributed by atoms with van der Waals surface area (Å²) in [7, 11) is -4.75. The fourth-order valence-electron chi connectivity index (χ4n) is 3.84. The molecule has 1 aromatic carbocycles. The predicted octanol–water partition coefficient (Wildman–Crippen LogP) is 5.09. The summed E-state index contributed by atoms with van der Waals surface area (Å²) in [6.45, 7) is 9.91. The van der Waals surface area contributed by atoms with Crippen LogP contribution in [-0.4, -0.2) is 54.7 Å². The Labute approximate surface area is 212 Å². The smallest absolute Gasteiger partial charge is 0.404 e. The van der Waals surface area contributed by atoms with Gasteiger partial charge in [0.1, 0.15) is 5.60 Å². The third-order valence-corrected chi connectivity index (χ3v) is 7.27. The van der Waals surface area contributed by atoms with Crippen LogP contribution < -0.4 is 14.9 Å². The number of benzene rings is 1. The van der Waals surface area contributed by atoms with Gasteiger partial charge in [0, 0.05) is 18.3 Å². The highest BCUT2D eigenvalue weighted by molar-refractivity contribution is 7.92. The van der Waals surface area contributed by atoms with E-state index < -0.39 is 33.5 Å². The van der Waals surface area contributed by atoms with Crippen molar-refractivity contribution in [1.29, 1.82) is 0 Å². The maximum Gasteiger partial charge on any atom is 0.404 e. The van der Waals surface area contributed by atoms with Crippen LogP contribution in [-0.2, 0) is 21.2 Å². The highest BCUT2D eigenvalue weighted by Gasteiger charge is 2.36. The van der Waals surface area contributed by atoms with Crippen molar-refractivity contribution in [2.24, 2.45) is 0 Å². The van der Waals surface area contributed by atoms with Gasteiger partial charge in [-0.2, -0.15) is 13.2 Å². The number of alkyl halides is 3. The lowest BCUT2D eigenvalue weighted by atomic mass is 9.95. The molecule has 0 spiro atoms. The number of esters is 1. The molecular formula is C22H30F3N5O4S2. The number of nitrogens with one attached hydrogen (secondary N) is 2. The zero-order valence-corrected chi connectivity index (χ0v) is 22.3. The van der Waals surface area contributed by atoms with Gasteiger partial charge < -0.3 is 15.0 Å². The van der Waals surface area contributed by atoms with Crippen molar-refractivity contribution >= 4 is 49.5 Å². The Morgan fingerprint density at radius 3 is 2.53 bits per heavy atom. The van der Waals surface area contributed by atoms with Crippen molar-refractivity contribution in [3.8, 4) is 0 Å². The average molecular weight is 550 g/mol. The van der Waals surface area contributed by atoms with E-state index in [0.717, 1.165) is 35.4 Å². The molecule has 36 heavy (non-hydrogen) atoms. The molecule has 2 aromatic rings. The molecule has 1 atom stereocenters. The Bertz CT molecular complexity index is 1210. The maximum absolute atomic E-state index is 12.9. The molecule has 0 saturated heterocycles. The van der Waals surface area contributed by atoms with Crippen molar-refractivity contribution < 1.29 is 31.1 Å². The van der Waals surface area contributed by atoms with Gasteiger partial charge >= 0.3 is 12.1 Å². The van der Waals surface area contributed by atoms with Crippen molar-refractivity contribution in [3.05, 3.63) is 22.7 Å². The largest absolute Gasteiger partial charge is 0.455 e. The van der Waals surface area contributed by atoms with Crippen molar-refractivity contribution in [3.63, 3.8) is 0 Å². The van der Waals surface area contributed by atoms with E-state index in [0.29, 0.717) is 13.0 Å². The summed E-state index contributed by atoms with van der Waals surface area (Å²) in [4.78, 5) is 14.4. The molecule has 200 valence electrons. The number of carbonyl (C=O) groups excluding carboxylic acids is 1. The fraction of sp³-hybridized carbons (Fsp3) is 0.591. The zero-order valence-electron chi connectivity index (χ0n) is 20.7. The van der Waals surface area contributed by atoms with Gasteiger partial charge in [-0.3, -0.25) is 4.72 Å². The lowest BCUT2D eigenvalue weighted by Crippen LogP contribution is -2.38. The van der Waals surface area contributed by atoms with E-state index >= 15 is 0 Å². The predicted molar refractivity (Wildman–Crippen MR) is 134 cm³/mol. The molecule has 2 N–H and O–H groups in total. The van der Waals surface area contributed by atoms with E-state index in [9.17, 15) is 26.4 Å². The van der Waals surface area contributed by atoms with Gasteiger partial charge in [0.05, 0.1) is 11.4 Å². The molecule has 1 unspecified atom stereocenters. The topological polar surface area (TPSA) is 114 Å². The summed E-state index contributed by atoms with van der Waals surface area (Å²) >= 11 is 0.884. The van der Waals surface area contributed by atoms with E-state index in [1.54, 1.807) is 32.9 Å². The summed E-state index contributed by atoms with van der Waals surface area (Å²) in [5, 5.41) is 10.8. The van der Waals surface area contributed by atoms with E-state index in [1.165, 1.54) is 0 Å². The second kappa shape index (κ2) is 10.4. The molecule has 0 bridgehead atoms. The second-order valence-electron chi connectivity index (χ2n) is 9.62. The first-order valence-corrected chi connectivity index (χ1v) is 13.9. The minimum Gasteiger partial charge on any atom is -0.455 e. The van der Waals surface area contributed by atoms with Crippen LogP contribution in [0.25, 0.3) is 0 Å². The molecule has 1 aromatic heterocycles. The van der Waals surface area contributed by atoms with Crippen molar-refractivity contribution in [2.45, 2.75) is 71.7 Å². The lowest BCUT2D eigenvalue weighted by Gasteiger charge is -2.37. The molecule has 3 rings (SSSR count). The van der Waals surface area contributed by atoms with Crippen LogP contribution in [0.5, 0.6) is 0 Å². The van der Waals surface area contributed by atoms with E-state index in [2.05, 4.69) is 32.1 Å². The number of carbonyl (C=O) groups is 1. The molecule has 14 heteroatoms. The van der Waals surface area contributed by atoms with Crippen LogP contribution in [0.1, 0.15) is 62.8 Å². The van der Waals surface area contributed by atoms with Gasteiger partial charge in [0.15, 0.2) is 5.75 Å². The first kappa shape index (κ1) is 28.0.